The maximum absolute atomic E-state index is 13.0. The quantitative estimate of drug-likeness (QED) is 0.0222. The highest BCUT2D eigenvalue weighted by atomic mass is 31.2. The van der Waals surface area contributed by atoms with Gasteiger partial charge in [0.1, 0.15) is 19.3 Å². The summed E-state index contributed by atoms with van der Waals surface area (Å²) in [7, 11) is -9.90. The van der Waals surface area contributed by atoms with E-state index in [4.69, 9.17) is 37.0 Å². The normalized spacial score (nSPS) is 14.2. The van der Waals surface area contributed by atoms with E-state index in [2.05, 4.69) is 55.4 Å². The van der Waals surface area contributed by atoms with E-state index in [1.165, 1.54) is 148 Å². The molecule has 0 aromatic rings. The Labute approximate surface area is 556 Å². The van der Waals surface area contributed by atoms with E-state index < -0.39 is 97.5 Å². The zero-order valence-corrected chi connectivity index (χ0v) is 61.3. The summed E-state index contributed by atoms with van der Waals surface area (Å²) in [5, 5.41) is 10.6. The van der Waals surface area contributed by atoms with Crippen LogP contribution < -0.4 is 0 Å². The van der Waals surface area contributed by atoms with Gasteiger partial charge in [-0.25, -0.2) is 9.13 Å². The van der Waals surface area contributed by atoms with Crippen molar-refractivity contribution in [2.45, 2.75) is 375 Å². The summed E-state index contributed by atoms with van der Waals surface area (Å²) in [6.07, 6.45) is 44.7. The Morgan fingerprint density at radius 1 is 0.275 bits per heavy atom. The number of ether oxygens (including phenoxy) is 4. The molecule has 0 rings (SSSR count). The van der Waals surface area contributed by atoms with Crippen LogP contribution in [0.2, 0.25) is 0 Å². The molecule has 0 aliphatic rings. The lowest BCUT2D eigenvalue weighted by molar-refractivity contribution is -0.161. The average molecular weight is 1340 g/mol. The molecule has 540 valence electrons. The summed E-state index contributed by atoms with van der Waals surface area (Å²) in [5.74, 6) is 0.823. The van der Waals surface area contributed by atoms with E-state index >= 15 is 0 Å². The fourth-order valence-corrected chi connectivity index (χ4v) is 12.4. The molecular formula is C72H140O17P2. The standard InChI is InChI=1S/C72H140O17P2/c1-62(2)48-40-32-24-19-15-12-10-9-11-13-17-21-27-38-46-54-71(76)88-67(58-82-69(74)52-44-36-29-23-26-34-42-50-64(5)6)60-86-90(78,79)84-56-66(73)57-85-91(80,81)87-61-68(59-83-70(75)53-45-37-31-30-35-43-51-65(7)8)89-72(77)55-47-39-28-22-18-14-16-20-25-33-41-49-63(3)4/h62-68,73H,9-61H2,1-8H3,(H,78,79)(H,80,81)/t66-,67-,68-/m1/s1. The molecule has 0 spiro atoms. The van der Waals surface area contributed by atoms with E-state index in [9.17, 15) is 43.2 Å². The summed E-state index contributed by atoms with van der Waals surface area (Å²) in [4.78, 5) is 72.6. The van der Waals surface area contributed by atoms with E-state index in [1.54, 1.807) is 0 Å². The molecule has 0 aliphatic heterocycles. The second-order valence-electron chi connectivity index (χ2n) is 27.9. The molecule has 0 heterocycles. The SMILES string of the molecule is CC(C)CCCCCCCCCCCCCCCCCC(=O)O[C@H](COC(=O)CCCCCCCCCC(C)C)COP(=O)(O)OC[C@@H](O)COP(=O)(O)OC[C@@H](COC(=O)CCCCCCCCC(C)C)OC(=O)CCCCCCCCCCCCCC(C)C. The van der Waals surface area contributed by atoms with Gasteiger partial charge in [-0.2, -0.15) is 0 Å². The largest absolute Gasteiger partial charge is 0.472 e. The van der Waals surface area contributed by atoms with E-state index in [-0.39, 0.29) is 25.7 Å². The predicted molar refractivity (Wildman–Crippen MR) is 367 cm³/mol. The van der Waals surface area contributed by atoms with E-state index in [0.29, 0.717) is 37.5 Å². The van der Waals surface area contributed by atoms with Crippen molar-refractivity contribution in [2.24, 2.45) is 23.7 Å². The number of hydrogen-bond donors (Lipinski definition) is 3. The first kappa shape index (κ1) is 89.1. The van der Waals surface area contributed by atoms with Gasteiger partial charge < -0.3 is 33.8 Å². The molecule has 17 nitrogen and oxygen atoms in total. The number of phosphoric ester groups is 2. The molecule has 0 amide bonds. The average Bonchev–Trinajstić information content (AvgIpc) is 3.63. The summed E-state index contributed by atoms with van der Waals surface area (Å²) in [6.45, 7) is 14.1. The van der Waals surface area contributed by atoms with Crippen molar-refractivity contribution in [3.63, 3.8) is 0 Å². The van der Waals surface area contributed by atoms with Crippen molar-refractivity contribution in [1.29, 1.82) is 0 Å². The number of rotatable bonds is 69. The second kappa shape index (κ2) is 61.6. The highest BCUT2D eigenvalue weighted by Gasteiger charge is 2.30. The number of aliphatic hydroxyl groups excluding tert-OH is 1. The third-order valence-electron chi connectivity index (χ3n) is 16.6. The minimum Gasteiger partial charge on any atom is -0.462 e. The molecule has 0 aliphatic carbocycles. The number of phosphoric acid groups is 2. The molecule has 0 saturated carbocycles. The van der Waals surface area contributed by atoms with Crippen molar-refractivity contribution in [2.75, 3.05) is 39.6 Å². The molecule has 0 radical (unpaired) electrons. The van der Waals surface area contributed by atoms with Crippen LogP contribution >= 0.6 is 15.6 Å². The molecule has 0 aromatic carbocycles. The molecule has 0 aromatic heterocycles. The summed E-state index contributed by atoms with van der Waals surface area (Å²) < 4.78 is 68.3. The molecule has 3 N–H and O–H groups in total. The van der Waals surface area contributed by atoms with Gasteiger partial charge in [0.25, 0.3) is 0 Å². The fourth-order valence-electron chi connectivity index (χ4n) is 10.8. The van der Waals surface area contributed by atoms with Crippen LogP contribution in [0, 0.1) is 23.7 Å². The van der Waals surface area contributed by atoms with Gasteiger partial charge in [0, 0.05) is 25.7 Å². The van der Waals surface area contributed by atoms with Crippen LogP contribution in [-0.4, -0.2) is 96.7 Å². The topological polar surface area (TPSA) is 237 Å². The van der Waals surface area contributed by atoms with Crippen molar-refractivity contribution in [3.8, 4) is 0 Å². The monoisotopic (exact) mass is 1340 g/mol. The number of unbranched alkanes of at least 4 members (excludes halogenated alkanes) is 35. The Bertz CT molecular complexity index is 1800. The number of hydrogen-bond acceptors (Lipinski definition) is 15. The molecule has 19 heteroatoms. The predicted octanol–water partition coefficient (Wildman–Crippen LogP) is 20.5. The van der Waals surface area contributed by atoms with Crippen LogP contribution in [0.5, 0.6) is 0 Å². The minimum atomic E-state index is -4.95. The van der Waals surface area contributed by atoms with Crippen molar-refractivity contribution >= 4 is 39.5 Å². The van der Waals surface area contributed by atoms with Gasteiger partial charge in [0.2, 0.25) is 0 Å². The molecule has 5 atom stereocenters. The zero-order chi connectivity index (χ0) is 67.5. The Morgan fingerprint density at radius 3 is 0.681 bits per heavy atom. The Morgan fingerprint density at radius 2 is 0.462 bits per heavy atom. The first-order valence-electron chi connectivity index (χ1n) is 37.2. The molecule has 91 heavy (non-hydrogen) atoms. The van der Waals surface area contributed by atoms with Gasteiger partial charge in [-0.05, 0) is 49.4 Å². The summed E-state index contributed by atoms with van der Waals surface area (Å²) >= 11 is 0. The minimum absolute atomic E-state index is 0.105. The highest BCUT2D eigenvalue weighted by molar-refractivity contribution is 7.47. The van der Waals surface area contributed by atoms with Crippen LogP contribution in [0.25, 0.3) is 0 Å². The van der Waals surface area contributed by atoms with Crippen LogP contribution in [0.3, 0.4) is 0 Å². The molecule has 0 saturated heterocycles. The number of carbonyl (C=O) groups excluding carboxylic acids is 4. The molecular weight excluding hydrogens is 1200 g/mol. The van der Waals surface area contributed by atoms with Crippen LogP contribution in [0.4, 0.5) is 0 Å². The lowest BCUT2D eigenvalue weighted by atomic mass is 10.0. The first-order chi connectivity index (χ1) is 43.6. The Balaban J connectivity index is 5.21. The highest BCUT2D eigenvalue weighted by Crippen LogP contribution is 2.45. The third kappa shape index (κ3) is 66.5. The fraction of sp³-hybridized carbons (Fsp3) is 0.944. The van der Waals surface area contributed by atoms with Gasteiger partial charge in [-0.1, -0.05) is 306 Å². The van der Waals surface area contributed by atoms with Crippen LogP contribution in [0.15, 0.2) is 0 Å². The molecule has 0 fully saturated rings. The van der Waals surface area contributed by atoms with Crippen LogP contribution in [0.1, 0.15) is 357 Å². The molecule has 2 unspecified atom stereocenters. The Kier molecular flexibility index (Phi) is 60.3. The number of aliphatic hydroxyl groups is 1. The van der Waals surface area contributed by atoms with Crippen molar-refractivity contribution in [1.82, 2.24) is 0 Å². The van der Waals surface area contributed by atoms with Gasteiger partial charge in [-0.15, -0.1) is 0 Å². The number of carbonyl (C=O) groups is 4. The first-order valence-corrected chi connectivity index (χ1v) is 40.2. The third-order valence-corrected chi connectivity index (χ3v) is 18.5. The zero-order valence-electron chi connectivity index (χ0n) is 59.5. The Hall–Kier alpha value is -1.94. The smallest absolute Gasteiger partial charge is 0.462 e. The maximum atomic E-state index is 13.0. The van der Waals surface area contributed by atoms with E-state index in [0.717, 1.165) is 115 Å². The summed E-state index contributed by atoms with van der Waals surface area (Å²) in [5.41, 5.74) is 0. The van der Waals surface area contributed by atoms with Gasteiger partial charge >= 0.3 is 39.5 Å². The van der Waals surface area contributed by atoms with Gasteiger partial charge in [0.15, 0.2) is 12.2 Å². The van der Waals surface area contributed by atoms with Crippen molar-refractivity contribution < 1.29 is 80.2 Å². The van der Waals surface area contributed by atoms with Gasteiger partial charge in [-0.3, -0.25) is 37.3 Å². The number of esters is 4. The van der Waals surface area contributed by atoms with Gasteiger partial charge in [0.05, 0.1) is 26.4 Å². The van der Waals surface area contributed by atoms with Crippen LogP contribution in [-0.2, 0) is 65.4 Å². The molecule has 0 bridgehead atoms. The maximum Gasteiger partial charge on any atom is 0.472 e. The lowest BCUT2D eigenvalue weighted by Crippen LogP contribution is -2.30. The lowest BCUT2D eigenvalue weighted by Gasteiger charge is -2.21. The second-order valence-corrected chi connectivity index (χ2v) is 30.8. The van der Waals surface area contributed by atoms with Crippen molar-refractivity contribution in [3.05, 3.63) is 0 Å². The van der Waals surface area contributed by atoms with E-state index in [1.807, 2.05) is 0 Å². The summed E-state index contributed by atoms with van der Waals surface area (Å²) in [6, 6.07) is 0.